The van der Waals surface area contributed by atoms with Crippen LogP contribution in [0.3, 0.4) is 0 Å². The topological polar surface area (TPSA) is 78.4 Å². The van der Waals surface area contributed by atoms with E-state index in [0.29, 0.717) is 16.4 Å². The Morgan fingerprint density at radius 1 is 1.00 bits per heavy atom. The SMILES string of the molecule is Cc1cc(Cl)ccc1NC(=O)C(=O)Nc1ccc(O)cc1. The van der Waals surface area contributed by atoms with Crippen molar-refractivity contribution in [2.75, 3.05) is 10.6 Å². The van der Waals surface area contributed by atoms with E-state index in [0.717, 1.165) is 5.56 Å². The maximum absolute atomic E-state index is 11.8. The summed E-state index contributed by atoms with van der Waals surface area (Å²) in [5, 5.41) is 14.6. The normalized spacial score (nSPS) is 10.0. The molecule has 21 heavy (non-hydrogen) atoms. The largest absolute Gasteiger partial charge is 0.508 e. The van der Waals surface area contributed by atoms with Gasteiger partial charge in [0, 0.05) is 16.4 Å². The number of rotatable bonds is 2. The van der Waals surface area contributed by atoms with Crippen LogP contribution in [0.4, 0.5) is 11.4 Å². The van der Waals surface area contributed by atoms with Gasteiger partial charge in [0.1, 0.15) is 5.75 Å². The fourth-order valence-electron chi connectivity index (χ4n) is 1.68. The van der Waals surface area contributed by atoms with E-state index in [2.05, 4.69) is 10.6 Å². The first-order valence-corrected chi connectivity index (χ1v) is 6.51. The third kappa shape index (κ3) is 3.97. The van der Waals surface area contributed by atoms with Crippen LogP contribution in [0.5, 0.6) is 5.75 Å². The first-order valence-electron chi connectivity index (χ1n) is 6.13. The number of benzene rings is 2. The summed E-state index contributed by atoms with van der Waals surface area (Å²) in [6.45, 7) is 1.78. The molecule has 6 heteroatoms. The molecule has 0 aliphatic carbocycles. The van der Waals surface area contributed by atoms with Gasteiger partial charge >= 0.3 is 11.8 Å². The van der Waals surface area contributed by atoms with Crippen LogP contribution in [0.2, 0.25) is 5.02 Å². The molecular weight excluding hydrogens is 292 g/mol. The molecule has 5 nitrogen and oxygen atoms in total. The molecule has 0 radical (unpaired) electrons. The zero-order valence-electron chi connectivity index (χ0n) is 11.2. The molecule has 0 fully saturated rings. The average Bonchev–Trinajstić information content (AvgIpc) is 2.44. The van der Waals surface area contributed by atoms with E-state index in [4.69, 9.17) is 16.7 Å². The molecule has 0 aromatic heterocycles. The van der Waals surface area contributed by atoms with E-state index in [1.54, 1.807) is 25.1 Å². The minimum atomic E-state index is -0.796. The first-order chi connectivity index (χ1) is 9.95. The minimum Gasteiger partial charge on any atom is -0.508 e. The Bertz CT molecular complexity index is 684. The van der Waals surface area contributed by atoms with Crippen LogP contribution in [-0.4, -0.2) is 16.9 Å². The quantitative estimate of drug-likeness (QED) is 0.589. The predicted molar refractivity (Wildman–Crippen MR) is 81.6 cm³/mol. The smallest absolute Gasteiger partial charge is 0.314 e. The molecule has 0 unspecified atom stereocenters. The van der Waals surface area contributed by atoms with Gasteiger partial charge in [0.2, 0.25) is 0 Å². The third-order valence-electron chi connectivity index (χ3n) is 2.77. The van der Waals surface area contributed by atoms with Crippen LogP contribution in [0, 0.1) is 6.92 Å². The monoisotopic (exact) mass is 304 g/mol. The molecule has 2 aromatic carbocycles. The van der Waals surface area contributed by atoms with E-state index in [1.807, 2.05) is 0 Å². The molecule has 108 valence electrons. The van der Waals surface area contributed by atoms with Gasteiger partial charge in [0.15, 0.2) is 0 Å². The molecule has 2 aromatic rings. The van der Waals surface area contributed by atoms with Crippen molar-refractivity contribution in [3.8, 4) is 5.75 Å². The molecule has 2 rings (SSSR count). The lowest BCUT2D eigenvalue weighted by molar-refractivity contribution is -0.133. The van der Waals surface area contributed by atoms with Crippen LogP contribution in [0.1, 0.15) is 5.56 Å². The fourth-order valence-corrected chi connectivity index (χ4v) is 1.91. The molecule has 0 saturated carbocycles. The Morgan fingerprint density at radius 3 is 2.24 bits per heavy atom. The Hall–Kier alpha value is -2.53. The van der Waals surface area contributed by atoms with E-state index in [1.165, 1.54) is 24.3 Å². The predicted octanol–water partition coefficient (Wildman–Crippen LogP) is 2.93. The van der Waals surface area contributed by atoms with Gasteiger partial charge < -0.3 is 15.7 Å². The summed E-state index contributed by atoms with van der Waals surface area (Å²) >= 11 is 5.82. The summed E-state index contributed by atoms with van der Waals surface area (Å²) in [5.74, 6) is -1.50. The summed E-state index contributed by atoms with van der Waals surface area (Å²) in [6.07, 6.45) is 0. The van der Waals surface area contributed by atoms with Gasteiger partial charge in [-0.3, -0.25) is 9.59 Å². The van der Waals surface area contributed by atoms with Crippen molar-refractivity contribution in [2.45, 2.75) is 6.92 Å². The second-order valence-corrected chi connectivity index (χ2v) is 4.85. The van der Waals surface area contributed by atoms with Gasteiger partial charge in [-0.15, -0.1) is 0 Å². The lowest BCUT2D eigenvalue weighted by atomic mass is 10.2. The highest BCUT2D eigenvalue weighted by Crippen LogP contribution is 2.19. The van der Waals surface area contributed by atoms with Crippen LogP contribution in [-0.2, 0) is 9.59 Å². The number of aromatic hydroxyl groups is 1. The highest BCUT2D eigenvalue weighted by atomic mass is 35.5. The molecule has 3 N–H and O–H groups in total. The number of carbonyl (C=O) groups excluding carboxylic acids is 2. The average molecular weight is 305 g/mol. The molecule has 0 spiro atoms. The van der Waals surface area contributed by atoms with Gasteiger partial charge in [-0.1, -0.05) is 11.6 Å². The lowest BCUT2D eigenvalue weighted by Gasteiger charge is -2.09. The molecule has 0 atom stereocenters. The molecule has 0 heterocycles. The maximum Gasteiger partial charge on any atom is 0.314 e. The number of amides is 2. The standard InChI is InChI=1S/C15H13ClN2O3/c1-9-8-10(16)2-7-13(9)18-15(21)14(20)17-11-3-5-12(19)6-4-11/h2-8,19H,1H3,(H,17,20)(H,18,21). The maximum atomic E-state index is 11.8. The van der Waals surface area contributed by atoms with Crippen molar-refractivity contribution in [3.05, 3.63) is 53.1 Å². The minimum absolute atomic E-state index is 0.0780. The Labute approximate surface area is 126 Å². The molecule has 0 aliphatic heterocycles. The number of carbonyl (C=O) groups is 2. The van der Waals surface area contributed by atoms with Crippen molar-refractivity contribution >= 4 is 34.8 Å². The zero-order chi connectivity index (χ0) is 15.4. The summed E-state index contributed by atoms with van der Waals surface area (Å²) in [5.41, 5.74) is 1.69. The number of halogens is 1. The van der Waals surface area contributed by atoms with Gasteiger partial charge in [-0.2, -0.15) is 0 Å². The molecule has 0 bridgehead atoms. The van der Waals surface area contributed by atoms with Crippen molar-refractivity contribution in [3.63, 3.8) is 0 Å². The summed E-state index contributed by atoms with van der Waals surface area (Å²) in [7, 11) is 0. The Kier molecular flexibility index (Phi) is 4.45. The highest BCUT2D eigenvalue weighted by Gasteiger charge is 2.15. The molecule has 0 aliphatic rings. The van der Waals surface area contributed by atoms with E-state index < -0.39 is 11.8 Å². The van der Waals surface area contributed by atoms with E-state index in [-0.39, 0.29) is 5.75 Å². The number of nitrogens with one attached hydrogen (secondary N) is 2. The number of anilines is 2. The van der Waals surface area contributed by atoms with Crippen LogP contribution in [0.25, 0.3) is 0 Å². The van der Waals surface area contributed by atoms with Gasteiger partial charge in [-0.05, 0) is 55.0 Å². The van der Waals surface area contributed by atoms with Crippen molar-refractivity contribution in [1.29, 1.82) is 0 Å². The first kappa shape index (κ1) is 14.9. The molecule has 0 saturated heterocycles. The van der Waals surface area contributed by atoms with Crippen molar-refractivity contribution in [2.24, 2.45) is 0 Å². The number of phenols is 1. The fraction of sp³-hybridized carbons (Fsp3) is 0.0667. The van der Waals surface area contributed by atoms with Crippen LogP contribution in [0.15, 0.2) is 42.5 Å². The summed E-state index contributed by atoms with van der Waals surface area (Å²) in [4.78, 5) is 23.6. The second kappa shape index (κ2) is 6.28. The van der Waals surface area contributed by atoms with Gasteiger partial charge in [0.25, 0.3) is 0 Å². The Balaban J connectivity index is 2.02. The zero-order valence-corrected chi connectivity index (χ0v) is 11.9. The van der Waals surface area contributed by atoms with Gasteiger partial charge in [0.05, 0.1) is 0 Å². The summed E-state index contributed by atoms with van der Waals surface area (Å²) in [6, 6.07) is 10.8. The number of phenolic OH excluding ortho intramolecular Hbond substituents is 1. The van der Waals surface area contributed by atoms with E-state index >= 15 is 0 Å². The van der Waals surface area contributed by atoms with Crippen molar-refractivity contribution < 1.29 is 14.7 Å². The van der Waals surface area contributed by atoms with Crippen LogP contribution < -0.4 is 10.6 Å². The molecular formula is C15H13ClN2O3. The van der Waals surface area contributed by atoms with Gasteiger partial charge in [-0.25, -0.2) is 0 Å². The number of hydrogen-bond donors (Lipinski definition) is 3. The number of hydrogen-bond acceptors (Lipinski definition) is 3. The second-order valence-electron chi connectivity index (χ2n) is 4.41. The van der Waals surface area contributed by atoms with E-state index in [9.17, 15) is 9.59 Å². The third-order valence-corrected chi connectivity index (χ3v) is 3.00. The Morgan fingerprint density at radius 2 is 1.62 bits per heavy atom. The highest BCUT2D eigenvalue weighted by molar-refractivity contribution is 6.43. The summed E-state index contributed by atoms with van der Waals surface area (Å²) < 4.78 is 0. The lowest BCUT2D eigenvalue weighted by Crippen LogP contribution is -2.29. The van der Waals surface area contributed by atoms with Crippen LogP contribution >= 0.6 is 11.6 Å². The molecule has 2 amide bonds. The number of aryl methyl sites for hydroxylation is 1. The van der Waals surface area contributed by atoms with Crippen molar-refractivity contribution in [1.82, 2.24) is 0 Å².